The molecule has 9 aromatic carbocycles. The number of hydrogen-bond acceptors (Lipinski definition) is 3. The first kappa shape index (κ1) is 28.4. The van der Waals surface area contributed by atoms with Crippen LogP contribution in [-0.2, 0) is 0 Å². The van der Waals surface area contributed by atoms with E-state index in [0.717, 1.165) is 44.4 Å². The molecule has 0 aliphatic carbocycles. The number of furan rings is 1. The quantitative estimate of drug-likeness (QED) is 0.186. The van der Waals surface area contributed by atoms with Crippen molar-refractivity contribution in [2.45, 2.75) is 0 Å². The van der Waals surface area contributed by atoms with Crippen LogP contribution < -0.4 is 4.90 Å². The minimum Gasteiger partial charge on any atom is -0.455 e. The fourth-order valence-electron chi connectivity index (χ4n) is 8.04. The maximum absolute atomic E-state index is 6.94. The average Bonchev–Trinajstić information content (AvgIpc) is 3.77. The second-order valence-corrected chi connectivity index (χ2v) is 14.4. The number of hydrogen-bond donors (Lipinski definition) is 0. The lowest BCUT2D eigenvalue weighted by atomic mass is 9.98. The SMILES string of the molecule is c1ccc2cc(N(c3ccc(-c4cccc5ccccc45)cc3)c3cccc4sc5ccc6c7ccc8ccccc8c7oc6c5c34)ccc2c1. The van der Waals surface area contributed by atoms with Gasteiger partial charge in [0, 0.05) is 47.7 Å². The summed E-state index contributed by atoms with van der Waals surface area (Å²) in [4.78, 5) is 2.42. The van der Waals surface area contributed by atoms with E-state index in [1.54, 1.807) is 0 Å². The molecule has 238 valence electrons. The van der Waals surface area contributed by atoms with Crippen molar-refractivity contribution >= 4 is 103 Å². The molecule has 0 amide bonds. The van der Waals surface area contributed by atoms with Crippen LogP contribution in [0, 0.1) is 0 Å². The van der Waals surface area contributed by atoms with Crippen LogP contribution in [0.4, 0.5) is 17.1 Å². The van der Waals surface area contributed by atoms with Gasteiger partial charge in [0.2, 0.25) is 0 Å². The molecule has 0 radical (unpaired) electrons. The summed E-state index contributed by atoms with van der Waals surface area (Å²) in [5.74, 6) is 0. The van der Waals surface area contributed by atoms with E-state index < -0.39 is 0 Å². The normalized spacial score (nSPS) is 11.9. The molecular weight excluding hydrogens is 639 g/mol. The van der Waals surface area contributed by atoms with Gasteiger partial charge in [-0.05, 0) is 92.7 Å². The van der Waals surface area contributed by atoms with Gasteiger partial charge in [-0.3, -0.25) is 0 Å². The number of anilines is 3. The van der Waals surface area contributed by atoms with Gasteiger partial charge in [-0.15, -0.1) is 11.3 Å². The topological polar surface area (TPSA) is 16.4 Å². The van der Waals surface area contributed by atoms with E-state index in [4.69, 9.17) is 4.42 Å². The van der Waals surface area contributed by atoms with Gasteiger partial charge in [-0.1, -0.05) is 121 Å². The summed E-state index contributed by atoms with van der Waals surface area (Å²) in [5.41, 5.74) is 7.67. The molecule has 0 unspecified atom stereocenters. The monoisotopic (exact) mass is 667 g/mol. The molecule has 0 saturated heterocycles. The summed E-state index contributed by atoms with van der Waals surface area (Å²) in [6, 6.07) is 63.7. The predicted octanol–water partition coefficient (Wildman–Crippen LogP) is 14.6. The van der Waals surface area contributed by atoms with E-state index >= 15 is 0 Å². The van der Waals surface area contributed by atoms with Gasteiger partial charge in [0.05, 0.1) is 5.69 Å². The van der Waals surface area contributed by atoms with Crippen LogP contribution in [0.25, 0.3) is 85.6 Å². The fourth-order valence-corrected chi connectivity index (χ4v) is 9.17. The smallest absolute Gasteiger partial charge is 0.144 e. The van der Waals surface area contributed by atoms with Crippen LogP contribution in [0.3, 0.4) is 0 Å². The van der Waals surface area contributed by atoms with Gasteiger partial charge in [0.25, 0.3) is 0 Å². The third-order valence-electron chi connectivity index (χ3n) is 10.4. The van der Waals surface area contributed by atoms with Gasteiger partial charge in [0.15, 0.2) is 0 Å². The Balaban J connectivity index is 1.18. The second kappa shape index (κ2) is 11.0. The molecule has 0 aliphatic heterocycles. The zero-order valence-corrected chi connectivity index (χ0v) is 28.3. The molecule has 0 atom stereocenters. The summed E-state index contributed by atoms with van der Waals surface area (Å²) < 4.78 is 9.39. The number of rotatable bonds is 4. The molecule has 0 spiro atoms. The maximum Gasteiger partial charge on any atom is 0.144 e. The molecule has 0 aliphatic rings. The molecule has 2 nitrogen and oxygen atoms in total. The first-order chi connectivity index (χ1) is 25.3. The number of benzene rings is 9. The minimum absolute atomic E-state index is 0.947. The third-order valence-corrected chi connectivity index (χ3v) is 11.5. The Kier molecular flexibility index (Phi) is 6.16. The van der Waals surface area contributed by atoms with Crippen LogP contribution in [0.2, 0.25) is 0 Å². The van der Waals surface area contributed by atoms with Crippen molar-refractivity contribution in [3.05, 3.63) is 176 Å². The summed E-state index contributed by atoms with van der Waals surface area (Å²) >= 11 is 1.83. The number of nitrogens with zero attached hydrogens (tertiary/aromatic N) is 1. The van der Waals surface area contributed by atoms with Crippen LogP contribution in [0.1, 0.15) is 0 Å². The van der Waals surface area contributed by atoms with Crippen molar-refractivity contribution in [1.82, 2.24) is 0 Å². The van der Waals surface area contributed by atoms with E-state index in [9.17, 15) is 0 Å². The molecule has 2 aromatic heterocycles. The highest BCUT2D eigenvalue weighted by atomic mass is 32.1. The van der Waals surface area contributed by atoms with E-state index in [-0.39, 0.29) is 0 Å². The van der Waals surface area contributed by atoms with Crippen molar-refractivity contribution in [3.63, 3.8) is 0 Å². The maximum atomic E-state index is 6.94. The summed E-state index contributed by atoms with van der Waals surface area (Å²) in [7, 11) is 0. The molecular formula is C48H29NOS. The van der Waals surface area contributed by atoms with E-state index in [1.807, 2.05) is 11.3 Å². The average molecular weight is 668 g/mol. The first-order valence-electron chi connectivity index (χ1n) is 17.3. The largest absolute Gasteiger partial charge is 0.455 e. The highest BCUT2D eigenvalue weighted by molar-refractivity contribution is 7.26. The Morgan fingerprint density at radius 1 is 0.392 bits per heavy atom. The van der Waals surface area contributed by atoms with Crippen molar-refractivity contribution in [3.8, 4) is 11.1 Å². The summed E-state index contributed by atoms with van der Waals surface area (Å²) in [5, 5.41) is 11.9. The molecule has 51 heavy (non-hydrogen) atoms. The van der Waals surface area contributed by atoms with E-state index in [2.05, 4.69) is 181 Å². The van der Waals surface area contributed by atoms with E-state index in [1.165, 1.54) is 58.2 Å². The van der Waals surface area contributed by atoms with Gasteiger partial charge in [-0.2, -0.15) is 0 Å². The van der Waals surface area contributed by atoms with Crippen molar-refractivity contribution < 1.29 is 4.42 Å². The Morgan fingerprint density at radius 3 is 1.88 bits per heavy atom. The third kappa shape index (κ3) is 4.35. The van der Waals surface area contributed by atoms with Crippen molar-refractivity contribution in [1.29, 1.82) is 0 Å². The van der Waals surface area contributed by atoms with Gasteiger partial charge in [0.1, 0.15) is 11.2 Å². The minimum atomic E-state index is 0.947. The zero-order chi connectivity index (χ0) is 33.5. The molecule has 0 fully saturated rings. The molecule has 0 bridgehead atoms. The number of thiophene rings is 1. The van der Waals surface area contributed by atoms with Gasteiger partial charge >= 0.3 is 0 Å². The Morgan fingerprint density at radius 2 is 1.02 bits per heavy atom. The molecule has 3 heteroatoms. The van der Waals surface area contributed by atoms with Gasteiger partial charge < -0.3 is 9.32 Å². The fraction of sp³-hybridized carbons (Fsp3) is 0. The number of fused-ring (bicyclic) bond motifs is 11. The summed E-state index contributed by atoms with van der Waals surface area (Å²) in [6.45, 7) is 0. The first-order valence-corrected chi connectivity index (χ1v) is 18.2. The zero-order valence-electron chi connectivity index (χ0n) is 27.5. The van der Waals surface area contributed by atoms with Crippen molar-refractivity contribution in [2.75, 3.05) is 4.90 Å². The predicted molar refractivity (Wildman–Crippen MR) is 219 cm³/mol. The van der Waals surface area contributed by atoms with Crippen LogP contribution in [0.15, 0.2) is 180 Å². The summed E-state index contributed by atoms with van der Waals surface area (Å²) in [6.07, 6.45) is 0. The lowest BCUT2D eigenvalue weighted by molar-refractivity contribution is 0.677. The highest BCUT2D eigenvalue weighted by Gasteiger charge is 2.22. The second-order valence-electron chi connectivity index (χ2n) is 13.3. The molecule has 0 N–H and O–H groups in total. The lowest BCUT2D eigenvalue weighted by Crippen LogP contribution is -2.10. The Bertz CT molecular complexity index is 3140. The highest BCUT2D eigenvalue weighted by Crippen LogP contribution is 2.49. The van der Waals surface area contributed by atoms with E-state index in [0.29, 0.717) is 0 Å². The standard InChI is InChI=1S/C48H29NOS/c1-2-12-34-29-36(25-19-30(34)9-1)49(35-23-20-33(21-24-35)38-16-7-13-31-10-3-5-14-37(31)38)42-17-8-18-43-45(42)46-44(51-43)28-27-41-40-26-22-32-11-4-6-15-39(32)47(40)50-48(41)46/h1-29H. The van der Waals surface area contributed by atoms with Crippen LogP contribution in [-0.4, -0.2) is 0 Å². The molecule has 11 aromatic rings. The van der Waals surface area contributed by atoms with Crippen LogP contribution >= 0.6 is 11.3 Å². The van der Waals surface area contributed by atoms with Gasteiger partial charge in [-0.25, -0.2) is 0 Å². The van der Waals surface area contributed by atoms with Crippen molar-refractivity contribution in [2.24, 2.45) is 0 Å². The molecule has 11 rings (SSSR count). The Hall–Kier alpha value is -6.42. The van der Waals surface area contributed by atoms with Crippen LogP contribution in [0.5, 0.6) is 0 Å². The Labute approximate surface area is 298 Å². The lowest BCUT2D eigenvalue weighted by Gasteiger charge is -2.27. The molecule has 2 heterocycles. The molecule has 0 saturated carbocycles.